The lowest BCUT2D eigenvalue weighted by atomic mass is 10.0. The molecule has 0 aliphatic carbocycles. The summed E-state index contributed by atoms with van der Waals surface area (Å²) in [5.41, 5.74) is 2.09. The molecule has 4 N–H and O–H groups in total. The van der Waals surface area contributed by atoms with Gasteiger partial charge in [0.1, 0.15) is 12.2 Å². The molecule has 4 aromatic rings. The first kappa shape index (κ1) is 24.4. The molecule has 1 fully saturated rings. The summed E-state index contributed by atoms with van der Waals surface area (Å²) in [6.07, 6.45) is 4.76. The SMILES string of the molecule is CC(C)(O)C(F)CNC(=O)c1cnc(-c2ccc3cc(C#N)cnn23)cc1Nc1cnn(C2CNC2)c1. The van der Waals surface area contributed by atoms with Crippen LogP contribution < -0.4 is 16.0 Å². The van der Waals surface area contributed by atoms with E-state index in [9.17, 15) is 14.3 Å². The Balaban J connectivity index is 1.48. The Hall–Kier alpha value is -4.34. The number of carbonyl (C=O) groups excluding carboxylic acids is 1. The highest BCUT2D eigenvalue weighted by Crippen LogP contribution is 2.28. The van der Waals surface area contributed by atoms with Gasteiger partial charge in [-0.2, -0.15) is 15.5 Å². The summed E-state index contributed by atoms with van der Waals surface area (Å²) in [6.45, 7) is 4.00. The van der Waals surface area contributed by atoms with Crippen molar-refractivity contribution >= 4 is 22.8 Å². The van der Waals surface area contributed by atoms with Gasteiger partial charge in [-0.25, -0.2) is 8.91 Å². The number of halogens is 1. The highest BCUT2D eigenvalue weighted by molar-refractivity contribution is 6.00. The van der Waals surface area contributed by atoms with Gasteiger partial charge in [0.15, 0.2) is 0 Å². The number of aliphatic hydroxyl groups is 1. The summed E-state index contributed by atoms with van der Waals surface area (Å²) in [5, 5.41) is 36.7. The molecular weight excluding hydrogens is 477 g/mol. The monoisotopic (exact) mass is 503 g/mol. The fourth-order valence-corrected chi connectivity index (χ4v) is 3.88. The van der Waals surface area contributed by atoms with Crippen molar-refractivity contribution in [2.45, 2.75) is 31.7 Å². The first-order valence-electron chi connectivity index (χ1n) is 11.8. The van der Waals surface area contributed by atoms with E-state index >= 15 is 0 Å². The van der Waals surface area contributed by atoms with Gasteiger partial charge in [0.2, 0.25) is 0 Å². The molecule has 11 nitrogen and oxygen atoms in total. The zero-order chi connectivity index (χ0) is 26.2. The molecule has 0 bridgehead atoms. The van der Waals surface area contributed by atoms with E-state index in [2.05, 4.69) is 37.2 Å². The number of nitriles is 1. The van der Waals surface area contributed by atoms with Gasteiger partial charge < -0.3 is 21.1 Å². The number of fused-ring (bicyclic) bond motifs is 1. The van der Waals surface area contributed by atoms with Crippen molar-refractivity contribution in [2.24, 2.45) is 0 Å². The third kappa shape index (κ3) is 5.00. The lowest BCUT2D eigenvalue weighted by molar-refractivity contribution is -0.00177. The highest BCUT2D eigenvalue weighted by atomic mass is 19.1. The van der Waals surface area contributed by atoms with Crippen molar-refractivity contribution in [3.63, 3.8) is 0 Å². The molecule has 190 valence electrons. The fourth-order valence-electron chi connectivity index (χ4n) is 3.88. The minimum atomic E-state index is -1.65. The van der Waals surface area contributed by atoms with Crippen LogP contribution in [0, 0.1) is 11.3 Å². The molecule has 1 amide bonds. The van der Waals surface area contributed by atoms with Crippen LogP contribution >= 0.6 is 0 Å². The summed E-state index contributed by atoms with van der Waals surface area (Å²) in [7, 11) is 0. The normalized spacial score (nSPS) is 14.7. The molecule has 0 saturated carbocycles. The van der Waals surface area contributed by atoms with E-state index < -0.39 is 17.7 Å². The van der Waals surface area contributed by atoms with Gasteiger partial charge in [-0.3, -0.25) is 14.5 Å². The van der Waals surface area contributed by atoms with Crippen molar-refractivity contribution in [3.8, 4) is 17.5 Å². The predicted octanol–water partition coefficient (Wildman–Crippen LogP) is 2.19. The van der Waals surface area contributed by atoms with Crippen LogP contribution in [-0.4, -0.2) is 66.8 Å². The van der Waals surface area contributed by atoms with Gasteiger partial charge in [0, 0.05) is 25.5 Å². The van der Waals surface area contributed by atoms with Crippen molar-refractivity contribution < 1.29 is 14.3 Å². The number of nitrogens with zero attached hydrogens (tertiary/aromatic N) is 6. The van der Waals surface area contributed by atoms with E-state index in [1.807, 2.05) is 23.0 Å². The molecule has 5 heterocycles. The molecule has 1 aliphatic rings. The molecule has 4 aromatic heterocycles. The molecule has 1 unspecified atom stereocenters. The molecule has 12 heteroatoms. The molecule has 37 heavy (non-hydrogen) atoms. The standard InChI is InChI=1S/C25H26FN9O2/c1-25(2,37)23(26)13-30-24(36)19-12-29-21(22-4-3-17-5-15(7-27)8-32-35(17)22)6-20(19)33-16-9-31-34(14-16)18-10-28-11-18/h3-6,8-9,12,14,18,23,28,37H,10-11,13H2,1-2H3,(H,29,33)(H,30,36). The molecule has 5 rings (SSSR count). The number of nitrogens with one attached hydrogen (secondary N) is 3. The van der Waals surface area contributed by atoms with Gasteiger partial charge in [0.25, 0.3) is 5.91 Å². The minimum Gasteiger partial charge on any atom is -0.387 e. The van der Waals surface area contributed by atoms with Crippen LogP contribution in [0.25, 0.3) is 16.9 Å². The number of pyridine rings is 1. The summed E-state index contributed by atoms with van der Waals surface area (Å²) in [6, 6.07) is 9.42. The van der Waals surface area contributed by atoms with Crippen LogP contribution in [0.4, 0.5) is 15.8 Å². The van der Waals surface area contributed by atoms with E-state index in [0.29, 0.717) is 28.3 Å². The largest absolute Gasteiger partial charge is 0.387 e. The maximum atomic E-state index is 14.3. The third-order valence-corrected chi connectivity index (χ3v) is 6.26. The van der Waals surface area contributed by atoms with Crippen LogP contribution in [0.1, 0.15) is 35.8 Å². The van der Waals surface area contributed by atoms with Crippen molar-refractivity contribution in [1.29, 1.82) is 5.26 Å². The average molecular weight is 504 g/mol. The number of alkyl halides is 1. The van der Waals surface area contributed by atoms with E-state index in [-0.39, 0.29) is 18.2 Å². The maximum Gasteiger partial charge on any atom is 0.255 e. The molecule has 0 radical (unpaired) electrons. The fraction of sp³-hybridized carbons (Fsp3) is 0.320. The van der Waals surface area contributed by atoms with E-state index in [1.54, 1.807) is 22.8 Å². The number of rotatable bonds is 8. The second-order valence-electron chi connectivity index (χ2n) is 9.50. The molecule has 1 aliphatic heterocycles. The topological polar surface area (TPSA) is 145 Å². The Morgan fingerprint density at radius 2 is 2.11 bits per heavy atom. The predicted molar refractivity (Wildman–Crippen MR) is 134 cm³/mol. The van der Waals surface area contributed by atoms with E-state index in [4.69, 9.17) is 5.26 Å². The Labute approximate surface area is 211 Å². The molecule has 1 atom stereocenters. The van der Waals surface area contributed by atoms with Crippen LogP contribution in [0.2, 0.25) is 0 Å². The Morgan fingerprint density at radius 3 is 2.81 bits per heavy atom. The Kier molecular flexibility index (Phi) is 6.32. The zero-order valence-electron chi connectivity index (χ0n) is 20.3. The van der Waals surface area contributed by atoms with Gasteiger partial charge >= 0.3 is 0 Å². The number of carbonyl (C=O) groups is 1. The van der Waals surface area contributed by atoms with E-state index in [1.165, 1.54) is 26.2 Å². The van der Waals surface area contributed by atoms with Gasteiger partial charge in [-0.05, 0) is 38.1 Å². The van der Waals surface area contributed by atoms with Crippen molar-refractivity contribution in [1.82, 2.24) is 35.0 Å². The average Bonchev–Trinajstić information content (AvgIpc) is 3.47. The van der Waals surface area contributed by atoms with Crippen LogP contribution in [0.3, 0.4) is 0 Å². The second-order valence-corrected chi connectivity index (χ2v) is 9.50. The number of hydrogen-bond donors (Lipinski definition) is 4. The quantitative estimate of drug-likeness (QED) is 0.286. The Morgan fingerprint density at radius 1 is 1.30 bits per heavy atom. The Bertz CT molecular complexity index is 1490. The van der Waals surface area contributed by atoms with Crippen molar-refractivity contribution in [3.05, 3.63) is 60.2 Å². The molecular formula is C25H26FN9O2. The van der Waals surface area contributed by atoms with Crippen LogP contribution in [0.5, 0.6) is 0 Å². The third-order valence-electron chi connectivity index (χ3n) is 6.26. The second kappa shape index (κ2) is 9.61. The highest BCUT2D eigenvalue weighted by Gasteiger charge is 2.27. The zero-order valence-corrected chi connectivity index (χ0v) is 20.3. The smallest absolute Gasteiger partial charge is 0.255 e. The lowest BCUT2D eigenvalue weighted by Crippen LogP contribution is -2.43. The van der Waals surface area contributed by atoms with Crippen LogP contribution in [-0.2, 0) is 0 Å². The summed E-state index contributed by atoms with van der Waals surface area (Å²) < 4.78 is 17.8. The number of aromatic nitrogens is 5. The van der Waals surface area contributed by atoms with Gasteiger partial charge in [-0.1, -0.05) is 0 Å². The first-order chi connectivity index (χ1) is 17.7. The molecule has 0 spiro atoms. The number of hydrogen-bond acceptors (Lipinski definition) is 8. The van der Waals surface area contributed by atoms with Gasteiger partial charge in [-0.15, -0.1) is 0 Å². The summed E-state index contributed by atoms with van der Waals surface area (Å²) in [5.74, 6) is -0.541. The molecule has 1 saturated heterocycles. The lowest BCUT2D eigenvalue weighted by Gasteiger charge is -2.27. The first-order valence-corrected chi connectivity index (χ1v) is 11.8. The van der Waals surface area contributed by atoms with Gasteiger partial charge in [0.05, 0.1) is 70.0 Å². The van der Waals surface area contributed by atoms with E-state index in [0.717, 1.165) is 18.6 Å². The number of anilines is 2. The maximum absolute atomic E-state index is 14.3. The number of amides is 1. The summed E-state index contributed by atoms with van der Waals surface area (Å²) >= 11 is 0. The molecule has 0 aromatic carbocycles. The van der Waals surface area contributed by atoms with Crippen LogP contribution in [0.15, 0.2) is 49.1 Å². The van der Waals surface area contributed by atoms with Crippen molar-refractivity contribution in [2.75, 3.05) is 25.0 Å². The summed E-state index contributed by atoms with van der Waals surface area (Å²) in [4.78, 5) is 17.5. The minimum absolute atomic E-state index is 0.199.